The van der Waals surface area contributed by atoms with Crippen LogP contribution in [0.1, 0.15) is 38.2 Å². The van der Waals surface area contributed by atoms with Crippen LogP contribution in [-0.2, 0) is 9.53 Å². The van der Waals surface area contributed by atoms with Crippen LogP contribution in [0.3, 0.4) is 0 Å². The van der Waals surface area contributed by atoms with E-state index in [1.54, 1.807) is 24.3 Å². The molecular weight excluding hydrogens is 484 g/mol. The molecule has 3 saturated heterocycles. The summed E-state index contributed by atoms with van der Waals surface area (Å²) in [6.07, 6.45) is 1.86. The molecule has 194 valence electrons. The smallest absolute Gasteiger partial charge is 0.227 e. The van der Waals surface area contributed by atoms with Gasteiger partial charge in [0, 0.05) is 74.1 Å². The molecule has 3 fully saturated rings. The lowest BCUT2D eigenvalue weighted by molar-refractivity contribution is -0.137. The van der Waals surface area contributed by atoms with Crippen molar-refractivity contribution < 1.29 is 18.3 Å². The molecule has 3 heterocycles. The van der Waals surface area contributed by atoms with Crippen molar-refractivity contribution in [3.8, 4) is 0 Å². The van der Waals surface area contributed by atoms with Crippen LogP contribution in [0.15, 0.2) is 42.5 Å². The number of hydrogen-bond acceptors (Lipinski definition) is 4. The van der Waals surface area contributed by atoms with Crippen molar-refractivity contribution in [3.63, 3.8) is 0 Å². The maximum atomic E-state index is 15.1. The maximum absolute atomic E-state index is 15.1. The molecule has 5 rings (SSSR count). The number of halogens is 3. The van der Waals surface area contributed by atoms with Gasteiger partial charge in [0.05, 0.1) is 5.92 Å². The number of carbonyl (C=O) groups is 1. The highest BCUT2D eigenvalue weighted by Gasteiger charge is 2.45. The van der Waals surface area contributed by atoms with Crippen LogP contribution >= 0.6 is 11.6 Å². The third kappa shape index (κ3) is 5.11. The van der Waals surface area contributed by atoms with Crippen molar-refractivity contribution in [1.82, 2.24) is 9.80 Å². The van der Waals surface area contributed by atoms with Gasteiger partial charge >= 0.3 is 0 Å². The highest BCUT2D eigenvalue weighted by atomic mass is 35.5. The first-order valence-corrected chi connectivity index (χ1v) is 13.3. The second-order valence-electron chi connectivity index (χ2n) is 10.5. The molecule has 0 spiro atoms. The minimum Gasteiger partial charge on any atom is -0.381 e. The molecule has 2 aromatic rings. The van der Waals surface area contributed by atoms with Crippen molar-refractivity contribution in [3.05, 3.63) is 64.7 Å². The predicted molar refractivity (Wildman–Crippen MR) is 137 cm³/mol. The van der Waals surface area contributed by atoms with Crippen LogP contribution in [0, 0.1) is 17.6 Å². The number of piperazine rings is 1. The number of likely N-dealkylation sites (tertiary alicyclic amines) is 1. The lowest BCUT2D eigenvalue weighted by Crippen LogP contribution is -2.59. The van der Waals surface area contributed by atoms with Gasteiger partial charge in [-0.05, 0) is 68.7 Å². The second-order valence-corrected chi connectivity index (χ2v) is 10.9. The van der Waals surface area contributed by atoms with Gasteiger partial charge in [0.1, 0.15) is 11.6 Å². The minimum absolute atomic E-state index is 0.0712. The first kappa shape index (κ1) is 25.4. The monoisotopic (exact) mass is 517 g/mol. The minimum atomic E-state index is -0.345. The molecule has 1 amide bonds. The summed E-state index contributed by atoms with van der Waals surface area (Å²) in [6, 6.07) is 11.8. The van der Waals surface area contributed by atoms with Crippen LogP contribution in [0.2, 0.25) is 5.02 Å². The van der Waals surface area contributed by atoms with Gasteiger partial charge in [0.15, 0.2) is 0 Å². The van der Waals surface area contributed by atoms with Crippen LogP contribution < -0.4 is 4.90 Å². The number of benzene rings is 2. The number of hydrogen-bond donors (Lipinski definition) is 0. The maximum Gasteiger partial charge on any atom is 0.227 e. The summed E-state index contributed by atoms with van der Waals surface area (Å²) in [5.41, 5.74) is 1.52. The summed E-state index contributed by atoms with van der Waals surface area (Å²) in [4.78, 5) is 20.6. The third-order valence-corrected chi connectivity index (χ3v) is 8.32. The lowest BCUT2D eigenvalue weighted by Gasteiger charge is -2.46. The van der Waals surface area contributed by atoms with Crippen LogP contribution in [0.25, 0.3) is 0 Å². The Bertz CT molecular complexity index is 1070. The fourth-order valence-corrected chi connectivity index (χ4v) is 6.57. The van der Waals surface area contributed by atoms with E-state index in [-0.39, 0.29) is 41.5 Å². The average molecular weight is 518 g/mol. The fourth-order valence-electron chi connectivity index (χ4n) is 6.41. The SMILES string of the molecule is C[C@@H]1CN(C(=O)[C@@H]2CN(C3CCOCC3)C[C@H]2c2ccc(Cl)cc2F)C[C@H](C)N1c1ccc(F)cc1. The van der Waals surface area contributed by atoms with E-state index in [1.165, 1.54) is 18.2 Å². The molecule has 4 atom stereocenters. The largest absolute Gasteiger partial charge is 0.381 e. The molecule has 8 heteroatoms. The molecule has 0 N–H and O–H groups in total. The average Bonchev–Trinajstić information content (AvgIpc) is 3.30. The summed E-state index contributed by atoms with van der Waals surface area (Å²) < 4.78 is 34.1. The van der Waals surface area contributed by atoms with Crippen LogP contribution in [0.5, 0.6) is 0 Å². The van der Waals surface area contributed by atoms with Crippen LogP contribution in [0.4, 0.5) is 14.5 Å². The Balaban J connectivity index is 1.37. The summed E-state index contributed by atoms with van der Waals surface area (Å²) in [7, 11) is 0. The highest BCUT2D eigenvalue weighted by Crippen LogP contribution is 2.39. The molecule has 36 heavy (non-hydrogen) atoms. The summed E-state index contributed by atoms with van der Waals surface area (Å²) >= 11 is 6.03. The number of amides is 1. The Hall–Kier alpha value is -2.22. The Morgan fingerprint density at radius 1 is 0.944 bits per heavy atom. The van der Waals surface area contributed by atoms with E-state index in [2.05, 4.69) is 23.6 Å². The molecule has 3 aliphatic rings. The molecule has 0 aromatic heterocycles. The molecule has 2 aromatic carbocycles. The number of anilines is 1. The molecule has 0 unspecified atom stereocenters. The van der Waals surface area contributed by atoms with E-state index in [1.807, 2.05) is 4.90 Å². The normalized spacial score (nSPS) is 28.0. The molecule has 5 nitrogen and oxygen atoms in total. The number of nitrogens with zero attached hydrogens (tertiary/aromatic N) is 3. The number of rotatable bonds is 4. The molecule has 0 saturated carbocycles. The zero-order valence-corrected chi connectivity index (χ0v) is 21.6. The van der Waals surface area contributed by atoms with Gasteiger partial charge < -0.3 is 14.5 Å². The van der Waals surface area contributed by atoms with E-state index in [0.29, 0.717) is 42.8 Å². The zero-order chi connectivity index (χ0) is 25.4. The summed E-state index contributed by atoms with van der Waals surface area (Å²) in [5.74, 6) is -1.06. The Labute approximate surface area is 216 Å². The van der Waals surface area contributed by atoms with Crippen molar-refractivity contribution in [2.24, 2.45) is 5.92 Å². The Kier molecular flexibility index (Phi) is 7.52. The Morgan fingerprint density at radius 3 is 2.25 bits per heavy atom. The van der Waals surface area contributed by atoms with E-state index < -0.39 is 0 Å². The third-order valence-electron chi connectivity index (χ3n) is 8.09. The van der Waals surface area contributed by atoms with E-state index in [0.717, 1.165) is 31.7 Å². The fraction of sp³-hybridized carbons (Fsp3) is 0.536. The molecule has 0 aliphatic carbocycles. The van der Waals surface area contributed by atoms with E-state index >= 15 is 4.39 Å². The van der Waals surface area contributed by atoms with E-state index in [9.17, 15) is 9.18 Å². The zero-order valence-electron chi connectivity index (χ0n) is 20.9. The molecular formula is C28H34ClF2N3O2. The van der Waals surface area contributed by atoms with Crippen LogP contribution in [-0.4, -0.2) is 73.2 Å². The topological polar surface area (TPSA) is 36.0 Å². The van der Waals surface area contributed by atoms with Gasteiger partial charge in [-0.3, -0.25) is 9.69 Å². The first-order valence-electron chi connectivity index (χ1n) is 12.9. The summed E-state index contributed by atoms with van der Waals surface area (Å²) in [5, 5.41) is 0.359. The first-order chi connectivity index (χ1) is 17.3. The van der Waals surface area contributed by atoms with Crippen molar-refractivity contribution >= 4 is 23.2 Å². The van der Waals surface area contributed by atoms with Gasteiger partial charge in [-0.2, -0.15) is 0 Å². The lowest BCUT2D eigenvalue weighted by atomic mass is 9.87. The molecule has 0 radical (unpaired) electrons. The number of ether oxygens (including phenoxy) is 1. The van der Waals surface area contributed by atoms with Gasteiger partial charge in [0.2, 0.25) is 5.91 Å². The van der Waals surface area contributed by atoms with Gasteiger partial charge in [0.25, 0.3) is 0 Å². The van der Waals surface area contributed by atoms with Gasteiger partial charge in [-0.1, -0.05) is 17.7 Å². The van der Waals surface area contributed by atoms with Gasteiger partial charge in [-0.25, -0.2) is 8.78 Å². The van der Waals surface area contributed by atoms with Gasteiger partial charge in [-0.15, -0.1) is 0 Å². The second kappa shape index (κ2) is 10.6. The predicted octanol–water partition coefficient (Wildman–Crippen LogP) is 4.94. The highest BCUT2D eigenvalue weighted by molar-refractivity contribution is 6.30. The number of carbonyl (C=O) groups excluding carboxylic acids is 1. The standard InChI is InChI=1S/C28H34ClF2N3O2/c1-18-14-33(15-19(2)34(18)23-6-4-21(30)5-7-23)28(35)26-17-32(22-9-11-36-12-10-22)16-25(26)24-8-3-20(29)13-27(24)31/h3-8,13,18-19,22,25-26H,9-12,14-17H2,1-2H3/t18-,19+,25-,26+/m0/s1. The quantitative estimate of drug-likeness (QED) is 0.575. The molecule has 3 aliphatic heterocycles. The van der Waals surface area contributed by atoms with Crippen molar-refractivity contribution in [2.75, 3.05) is 44.3 Å². The Morgan fingerprint density at radius 2 is 1.61 bits per heavy atom. The summed E-state index contributed by atoms with van der Waals surface area (Å²) in [6.45, 7) is 8.06. The van der Waals surface area contributed by atoms with E-state index in [4.69, 9.17) is 16.3 Å². The van der Waals surface area contributed by atoms with Crippen molar-refractivity contribution in [2.45, 2.75) is 50.7 Å². The molecule has 0 bridgehead atoms. The van der Waals surface area contributed by atoms with Crippen molar-refractivity contribution in [1.29, 1.82) is 0 Å².